The van der Waals surface area contributed by atoms with E-state index in [1.165, 1.54) is 22.7 Å². The van der Waals surface area contributed by atoms with Crippen LogP contribution in [0.4, 0.5) is 0 Å². The molecule has 0 aromatic carbocycles. The first-order chi connectivity index (χ1) is 10.2. The first-order valence-electron chi connectivity index (χ1n) is 6.07. The van der Waals surface area contributed by atoms with E-state index in [1.807, 2.05) is 5.38 Å². The molecule has 0 aliphatic rings. The highest BCUT2D eigenvalue weighted by Gasteiger charge is 2.19. The van der Waals surface area contributed by atoms with Gasteiger partial charge in [-0.1, -0.05) is 0 Å². The zero-order valence-electron chi connectivity index (χ0n) is 11.0. The SMILES string of the molecule is C[C@@H](OC(=O)c1csc(-c2ncccn2)n1)c1nccs1. The van der Waals surface area contributed by atoms with E-state index in [9.17, 15) is 4.79 Å². The van der Waals surface area contributed by atoms with Gasteiger partial charge in [0.1, 0.15) is 5.01 Å². The largest absolute Gasteiger partial charge is 0.451 e. The zero-order chi connectivity index (χ0) is 14.7. The maximum atomic E-state index is 12.1. The molecule has 0 unspecified atom stereocenters. The second-order valence-electron chi connectivity index (χ2n) is 4.03. The van der Waals surface area contributed by atoms with Gasteiger partial charge in [-0.2, -0.15) is 0 Å². The molecule has 6 nitrogen and oxygen atoms in total. The Morgan fingerprint density at radius 2 is 2.00 bits per heavy atom. The van der Waals surface area contributed by atoms with Crippen molar-refractivity contribution in [1.29, 1.82) is 0 Å². The average molecular weight is 318 g/mol. The third-order valence-electron chi connectivity index (χ3n) is 2.55. The number of ether oxygens (including phenoxy) is 1. The lowest BCUT2D eigenvalue weighted by molar-refractivity contribution is 0.0331. The van der Waals surface area contributed by atoms with Gasteiger partial charge in [-0.3, -0.25) is 0 Å². The number of aromatic nitrogens is 4. The van der Waals surface area contributed by atoms with Crippen LogP contribution in [0, 0.1) is 0 Å². The molecular weight excluding hydrogens is 308 g/mol. The summed E-state index contributed by atoms with van der Waals surface area (Å²) in [6.45, 7) is 1.78. The Labute approximate surface area is 128 Å². The summed E-state index contributed by atoms with van der Waals surface area (Å²) in [5, 5.41) is 4.82. The molecule has 0 aliphatic carbocycles. The minimum atomic E-state index is -0.476. The average Bonchev–Trinajstić information content (AvgIpc) is 3.20. The molecule has 1 atom stereocenters. The molecule has 8 heteroatoms. The Hall–Kier alpha value is -2.19. The fourth-order valence-electron chi connectivity index (χ4n) is 1.59. The van der Waals surface area contributed by atoms with Crippen molar-refractivity contribution < 1.29 is 9.53 Å². The first kappa shape index (κ1) is 13.8. The van der Waals surface area contributed by atoms with Crippen LogP contribution in [-0.4, -0.2) is 25.9 Å². The summed E-state index contributed by atoms with van der Waals surface area (Å²) in [6, 6.07) is 1.72. The lowest BCUT2D eigenvalue weighted by Gasteiger charge is -2.08. The van der Waals surface area contributed by atoms with Crippen molar-refractivity contribution in [3.63, 3.8) is 0 Å². The van der Waals surface area contributed by atoms with E-state index in [1.54, 1.807) is 37.0 Å². The van der Waals surface area contributed by atoms with E-state index in [-0.39, 0.29) is 5.69 Å². The van der Waals surface area contributed by atoms with Gasteiger partial charge in [0.05, 0.1) is 0 Å². The summed E-state index contributed by atoms with van der Waals surface area (Å²) in [5.41, 5.74) is 0.255. The van der Waals surface area contributed by atoms with Crippen molar-refractivity contribution in [1.82, 2.24) is 19.9 Å². The number of hydrogen-bond donors (Lipinski definition) is 0. The van der Waals surface area contributed by atoms with E-state index in [0.29, 0.717) is 10.8 Å². The maximum Gasteiger partial charge on any atom is 0.358 e. The molecule has 0 aliphatic heterocycles. The normalized spacial score (nSPS) is 12.0. The molecular formula is C13H10N4O2S2. The van der Waals surface area contributed by atoms with Crippen molar-refractivity contribution in [3.8, 4) is 10.8 Å². The van der Waals surface area contributed by atoms with Gasteiger partial charge in [-0.25, -0.2) is 24.7 Å². The molecule has 0 bridgehead atoms. The predicted octanol–water partition coefficient (Wildman–Crippen LogP) is 2.97. The monoisotopic (exact) mass is 318 g/mol. The number of nitrogens with zero attached hydrogens (tertiary/aromatic N) is 4. The molecule has 0 N–H and O–H groups in total. The first-order valence-corrected chi connectivity index (χ1v) is 7.83. The number of carbonyl (C=O) groups is 1. The Bertz CT molecular complexity index is 728. The van der Waals surface area contributed by atoms with Crippen molar-refractivity contribution in [2.45, 2.75) is 13.0 Å². The van der Waals surface area contributed by atoms with Crippen molar-refractivity contribution in [2.75, 3.05) is 0 Å². The van der Waals surface area contributed by atoms with Crippen molar-refractivity contribution >= 4 is 28.6 Å². The summed E-state index contributed by atoms with van der Waals surface area (Å²) < 4.78 is 5.34. The topological polar surface area (TPSA) is 77.9 Å². The Morgan fingerprint density at radius 1 is 1.19 bits per heavy atom. The van der Waals surface area contributed by atoms with Crippen LogP contribution in [0.2, 0.25) is 0 Å². The summed E-state index contributed by atoms with van der Waals surface area (Å²) >= 11 is 2.75. The molecule has 106 valence electrons. The van der Waals surface area contributed by atoms with Crippen LogP contribution >= 0.6 is 22.7 Å². The van der Waals surface area contributed by atoms with Gasteiger partial charge >= 0.3 is 5.97 Å². The van der Waals surface area contributed by atoms with E-state index in [2.05, 4.69) is 19.9 Å². The second kappa shape index (κ2) is 6.06. The molecule has 0 fully saturated rings. The highest BCUT2D eigenvalue weighted by atomic mass is 32.1. The van der Waals surface area contributed by atoms with Crippen LogP contribution < -0.4 is 0 Å². The standard InChI is InChI=1S/C13H10N4O2S2/c1-8(11-16-5-6-20-11)19-13(18)9-7-21-12(17-9)10-14-3-2-4-15-10/h2-8H,1H3/t8-/m1/s1. The van der Waals surface area contributed by atoms with Gasteiger partial charge in [-0.15, -0.1) is 22.7 Å². The molecule has 3 aromatic rings. The van der Waals surface area contributed by atoms with Crippen LogP contribution in [0.15, 0.2) is 35.4 Å². The van der Waals surface area contributed by atoms with E-state index < -0.39 is 12.1 Å². The van der Waals surface area contributed by atoms with E-state index in [4.69, 9.17) is 4.74 Å². The smallest absolute Gasteiger partial charge is 0.358 e. The van der Waals surface area contributed by atoms with Crippen LogP contribution in [0.1, 0.15) is 28.5 Å². The fourth-order valence-corrected chi connectivity index (χ4v) is 2.94. The molecule has 0 saturated heterocycles. The minimum absolute atomic E-state index is 0.255. The lowest BCUT2D eigenvalue weighted by Crippen LogP contribution is -2.09. The number of hydrogen-bond acceptors (Lipinski definition) is 8. The van der Waals surface area contributed by atoms with Gasteiger partial charge in [0.2, 0.25) is 0 Å². The van der Waals surface area contributed by atoms with Crippen LogP contribution in [0.3, 0.4) is 0 Å². The number of esters is 1. The second-order valence-corrected chi connectivity index (χ2v) is 5.81. The maximum absolute atomic E-state index is 12.1. The van der Waals surface area contributed by atoms with Gasteiger partial charge in [0.25, 0.3) is 0 Å². The summed E-state index contributed by atoms with van der Waals surface area (Å²) in [7, 11) is 0. The van der Waals surface area contributed by atoms with E-state index in [0.717, 1.165) is 5.01 Å². The minimum Gasteiger partial charge on any atom is -0.451 e. The molecule has 3 rings (SSSR count). The quantitative estimate of drug-likeness (QED) is 0.688. The van der Waals surface area contributed by atoms with Gasteiger partial charge < -0.3 is 4.74 Å². The zero-order valence-corrected chi connectivity index (χ0v) is 12.6. The summed E-state index contributed by atoms with van der Waals surface area (Å²) in [5.74, 6) is 0.0191. The van der Waals surface area contributed by atoms with Crippen molar-refractivity contribution in [3.05, 3.63) is 46.1 Å². The Kier molecular flexibility index (Phi) is 3.98. The van der Waals surface area contributed by atoms with Gasteiger partial charge in [0, 0.05) is 29.4 Å². The molecule has 3 aromatic heterocycles. The molecule has 0 radical (unpaired) electrons. The highest BCUT2D eigenvalue weighted by molar-refractivity contribution is 7.13. The highest BCUT2D eigenvalue weighted by Crippen LogP contribution is 2.23. The number of carbonyl (C=O) groups excluding carboxylic acids is 1. The third-order valence-corrected chi connectivity index (χ3v) is 4.33. The number of thiazole rings is 2. The lowest BCUT2D eigenvalue weighted by atomic mass is 10.4. The molecule has 0 saturated carbocycles. The summed E-state index contributed by atoms with van der Waals surface area (Å²) in [6.07, 6.45) is 4.55. The molecule has 3 heterocycles. The van der Waals surface area contributed by atoms with E-state index >= 15 is 0 Å². The molecule has 21 heavy (non-hydrogen) atoms. The van der Waals surface area contributed by atoms with Crippen LogP contribution in [-0.2, 0) is 4.74 Å². The summed E-state index contributed by atoms with van der Waals surface area (Å²) in [4.78, 5) is 28.6. The van der Waals surface area contributed by atoms with Gasteiger partial charge in [0.15, 0.2) is 22.6 Å². The fraction of sp³-hybridized carbons (Fsp3) is 0.154. The van der Waals surface area contributed by atoms with Crippen molar-refractivity contribution in [2.24, 2.45) is 0 Å². The molecule has 0 spiro atoms. The molecule has 0 amide bonds. The third kappa shape index (κ3) is 3.11. The predicted molar refractivity (Wildman–Crippen MR) is 79.1 cm³/mol. The Morgan fingerprint density at radius 3 is 2.71 bits per heavy atom. The number of rotatable bonds is 4. The van der Waals surface area contributed by atoms with Crippen LogP contribution in [0.5, 0.6) is 0 Å². The van der Waals surface area contributed by atoms with Crippen LogP contribution in [0.25, 0.3) is 10.8 Å². The van der Waals surface area contributed by atoms with Gasteiger partial charge in [-0.05, 0) is 13.0 Å². The Balaban J connectivity index is 1.73.